The largest absolute Gasteiger partial charge is 0.392 e. The Labute approximate surface area is 172 Å². The van der Waals surface area contributed by atoms with Crippen molar-refractivity contribution in [1.82, 2.24) is 14.9 Å². The van der Waals surface area contributed by atoms with E-state index in [0.29, 0.717) is 18.2 Å². The first-order chi connectivity index (χ1) is 13.9. The van der Waals surface area contributed by atoms with E-state index in [0.717, 1.165) is 51.4 Å². The molecule has 8 nitrogen and oxygen atoms in total. The fourth-order valence-corrected chi connectivity index (χ4v) is 4.53. The van der Waals surface area contributed by atoms with E-state index in [1.165, 1.54) is 0 Å². The SMILES string of the molecule is CN(C)C(=O)C1(Nc2nccc(N[C@@H]3CCC[C@H](C#N)[C@H](O)C3)n2)CCCCC1. The molecule has 0 radical (unpaired) electrons. The maximum atomic E-state index is 12.9. The molecule has 29 heavy (non-hydrogen) atoms. The Morgan fingerprint density at radius 3 is 2.72 bits per heavy atom. The van der Waals surface area contributed by atoms with Crippen molar-refractivity contribution in [3.8, 4) is 6.07 Å². The van der Waals surface area contributed by atoms with Gasteiger partial charge in [-0.3, -0.25) is 4.79 Å². The molecule has 158 valence electrons. The van der Waals surface area contributed by atoms with Gasteiger partial charge in [0, 0.05) is 26.3 Å². The second kappa shape index (κ2) is 9.40. The van der Waals surface area contributed by atoms with E-state index in [9.17, 15) is 15.2 Å². The van der Waals surface area contributed by atoms with Gasteiger partial charge in [-0.25, -0.2) is 4.98 Å². The van der Waals surface area contributed by atoms with Gasteiger partial charge in [-0.1, -0.05) is 25.7 Å². The van der Waals surface area contributed by atoms with Crippen LogP contribution in [0, 0.1) is 17.2 Å². The minimum Gasteiger partial charge on any atom is -0.392 e. The number of anilines is 2. The average molecular weight is 401 g/mol. The summed E-state index contributed by atoms with van der Waals surface area (Å²) in [4.78, 5) is 23.5. The minimum atomic E-state index is -0.654. The number of aliphatic hydroxyl groups is 1. The maximum absolute atomic E-state index is 12.9. The molecule has 2 fully saturated rings. The summed E-state index contributed by atoms with van der Waals surface area (Å²) in [6.07, 6.45) is 8.77. The molecule has 1 aromatic heterocycles. The molecular weight excluding hydrogens is 368 g/mol. The molecule has 3 N–H and O–H groups in total. The highest BCUT2D eigenvalue weighted by molar-refractivity contribution is 5.88. The average Bonchev–Trinajstić information content (AvgIpc) is 2.88. The molecule has 2 saturated carbocycles. The standard InChI is InChI=1S/C21H32N6O2/c1-27(2)19(29)21(10-4-3-5-11-21)26-20-23-12-9-18(25-20)24-16-8-6-7-15(14-22)17(28)13-16/h9,12,15-17,28H,3-8,10-11,13H2,1-2H3,(H2,23,24,25,26)/t15-,16-,17-/m1/s1. The maximum Gasteiger partial charge on any atom is 0.247 e. The fourth-order valence-electron chi connectivity index (χ4n) is 4.53. The highest BCUT2D eigenvalue weighted by Crippen LogP contribution is 2.32. The third kappa shape index (κ3) is 5.15. The molecule has 2 aliphatic carbocycles. The van der Waals surface area contributed by atoms with Crippen LogP contribution < -0.4 is 10.6 Å². The summed E-state index contributed by atoms with van der Waals surface area (Å²) in [5.74, 6) is 0.871. The number of aromatic nitrogens is 2. The number of carbonyl (C=O) groups excluding carboxylic acids is 1. The van der Waals surface area contributed by atoms with Crippen molar-refractivity contribution in [1.29, 1.82) is 5.26 Å². The molecule has 3 atom stereocenters. The number of rotatable bonds is 5. The van der Waals surface area contributed by atoms with Gasteiger partial charge in [0.05, 0.1) is 18.1 Å². The minimum absolute atomic E-state index is 0.0538. The van der Waals surface area contributed by atoms with Crippen LogP contribution in [0.3, 0.4) is 0 Å². The summed E-state index contributed by atoms with van der Waals surface area (Å²) in [7, 11) is 3.57. The summed E-state index contributed by atoms with van der Waals surface area (Å²) < 4.78 is 0. The van der Waals surface area contributed by atoms with Crippen molar-refractivity contribution in [3.05, 3.63) is 12.3 Å². The van der Waals surface area contributed by atoms with Gasteiger partial charge in [0.1, 0.15) is 11.4 Å². The number of likely N-dealkylation sites (N-methyl/N-ethyl adjacent to an activating group) is 1. The molecule has 8 heteroatoms. The smallest absolute Gasteiger partial charge is 0.247 e. The van der Waals surface area contributed by atoms with Crippen LogP contribution in [0.4, 0.5) is 11.8 Å². The lowest BCUT2D eigenvalue weighted by atomic mass is 9.80. The summed E-state index contributed by atoms with van der Waals surface area (Å²) in [6.45, 7) is 0. The van der Waals surface area contributed by atoms with Gasteiger partial charge in [-0.2, -0.15) is 10.2 Å². The van der Waals surface area contributed by atoms with Crippen molar-refractivity contribution in [2.45, 2.75) is 75.5 Å². The second-order valence-corrected chi connectivity index (χ2v) is 8.54. The Morgan fingerprint density at radius 1 is 1.28 bits per heavy atom. The third-order valence-corrected chi connectivity index (χ3v) is 6.11. The molecule has 3 rings (SSSR count). The Balaban J connectivity index is 1.72. The number of aliphatic hydroxyl groups excluding tert-OH is 1. The number of nitrogens with one attached hydrogen (secondary N) is 2. The lowest BCUT2D eigenvalue weighted by Gasteiger charge is -2.38. The number of nitrogens with zero attached hydrogens (tertiary/aromatic N) is 4. The van der Waals surface area contributed by atoms with Crippen LogP contribution in [-0.4, -0.2) is 57.7 Å². The molecule has 0 unspecified atom stereocenters. The summed E-state index contributed by atoms with van der Waals surface area (Å²) >= 11 is 0. The van der Waals surface area contributed by atoms with Crippen molar-refractivity contribution >= 4 is 17.7 Å². The Bertz CT molecular complexity index is 741. The number of nitriles is 1. The topological polar surface area (TPSA) is 114 Å². The van der Waals surface area contributed by atoms with Crippen LogP contribution in [0.5, 0.6) is 0 Å². The molecule has 0 saturated heterocycles. The predicted molar refractivity (Wildman–Crippen MR) is 111 cm³/mol. The molecule has 0 aliphatic heterocycles. The Kier molecular flexibility index (Phi) is 6.91. The lowest BCUT2D eigenvalue weighted by molar-refractivity contribution is -0.134. The lowest BCUT2D eigenvalue weighted by Crippen LogP contribution is -2.53. The summed E-state index contributed by atoms with van der Waals surface area (Å²) in [5.41, 5.74) is -0.654. The quantitative estimate of drug-likeness (QED) is 0.651. The number of amides is 1. The second-order valence-electron chi connectivity index (χ2n) is 8.54. The summed E-state index contributed by atoms with van der Waals surface area (Å²) in [6, 6.07) is 4.06. The normalized spacial score (nSPS) is 26.6. The van der Waals surface area contributed by atoms with Gasteiger partial charge >= 0.3 is 0 Å². The van der Waals surface area contributed by atoms with Gasteiger partial charge in [-0.15, -0.1) is 0 Å². The zero-order chi connectivity index (χ0) is 20.9. The monoisotopic (exact) mass is 400 g/mol. The van der Waals surface area contributed by atoms with E-state index in [4.69, 9.17) is 0 Å². The van der Waals surface area contributed by atoms with E-state index in [1.54, 1.807) is 31.3 Å². The molecule has 0 bridgehead atoms. The van der Waals surface area contributed by atoms with E-state index in [2.05, 4.69) is 26.7 Å². The van der Waals surface area contributed by atoms with Crippen LogP contribution in [-0.2, 0) is 4.79 Å². The Morgan fingerprint density at radius 2 is 2.03 bits per heavy atom. The number of hydrogen-bond donors (Lipinski definition) is 3. The van der Waals surface area contributed by atoms with Crippen molar-refractivity contribution in [3.63, 3.8) is 0 Å². The highest BCUT2D eigenvalue weighted by atomic mass is 16.3. The predicted octanol–water partition coefficient (Wildman–Crippen LogP) is 2.53. The van der Waals surface area contributed by atoms with Crippen LogP contribution in [0.2, 0.25) is 0 Å². The van der Waals surface area contributed by atoms with Crippen LogP contribution >= 0.6 is 0 Å². The van der Waals surface area contributed by atoms with Crippen molar-refractivity contribution in [2.75, 3.05) is 24.7 Å². The highest BCUT2D eigenvalue weighted by Gasteiger charge is 2.41. The number of carbonyl (C=O) groups is 1. The summed E-state index contributed by atoms with van der Waals surface area (Å²) in [5, 5.41) is 26.2. The van der Waals surface area contributed by atoms with Crippen LogP contribution in [0.15, 0.2) is 12.3 Å². The Hall–Kier alpha value is -2.40. The first-order valence-corrected chi connectivity index (χ1v) is 10.6. The van der Waals surface area contributed by atoms with Gasteiger partial charge < -0.3 is 20.6 Å². The van der Waals surface area contributed by atoms with E-state index in [-0.39, 0.29) is 17.9 Å². The first kappa shape index (κ1) is 21.3. The van der Waals surface area contributed by atoms with E-state index < -0.39 is 11.6 Å². The number of hydrogen-bond acceptors (Lipinski definition) is 7. The molecule has 1 aromatic rings. The molecule has 1 heterocycles. The third-order valence-electron chi connectivity index (χ3n) is 6.11. The molecule has 0 aromatic carbocycles. The van der Waals surface area contributed by atoms with Crippen LogP contribution in [0.25, 0.3) is 0 Å². The zero-order valence-corrected chi connectivity index (χ0v) is 17.4. The fraction of sp³-hybridized carbons (Fsp3) is 0.714. The molecule has 2 aliphatic rings. The molecule has 0 spiro atoms. The van der Waals surface area contributed by atoms with Gasteiger partial charge in [0.2, 0.25) is 11.9 Å². The van der Waals surface area contributed by atoms with Gasteiger partial charge in [0.25, 0.3) is 0 Å². The van der Waals surface area contributed by atoms with Crippen molar-refractivity contribution < 1.29 is 9.90 Å². The molecule has 1 amide bonds. The van der Waals surface area contributed by atoms with Crippen molar-refractivity contribution in [2.24, 2.45) is 5.92 Å². The van der Waals surface area contributed by atoms with E-state index in [1.807, 2.05) is 0 Å². The zero-order valence-electron chi connectivity index (χ0n) is 17.4. The van der Waals surface area contributed by atoms with Gasteiger partial charge in [-0.05, 0) is 38.2 Å². The van der Waals surface area contributed by atoms with Crippen LogP contribution in [0.1, 0.15) is 57.8 Å². The molecular formula is C21H32N6O2. The first-order valence-electron chi connectivity index (χ1n) is 10.6. The van der Waals surface area contributed by atoms with Gasteiger partial charge in [0.15, 0.2) is 0 Å². The van der Waals surface area contributed by atoms with E-state index >= 15 is 0 Å².